The molecule has 1 fully saturated rings. The third kappa shape index (κ3) is 3.19. The Kier molecular flexibility index (Phi) is 3.72. The van der Waals surface area contributed by atoms with Gasteiger partial charge in [-0.25, -0.2) is 13.1 Å². The van der Waals surface area contributed by atoms with Crippen LogP contribution in [0.2, 0.25) is 0 Å². The van der Waals surface area contributed by atoms with Crippen molar-refractivity contribution in [1.82, 2.24) is 4.72 Å². The lowest BCUT2D eigenvalue weighted by molar-refractivity contribution is 0.0173. The van der Waals surface area contributed by atoms with Crippen molar-refractivity contribution in [3.05, 3.63) is 11.4 Å². The normalized spacial score (nSPS) is 25.9. The first-order valence-corrected chi connectivity index (χ1v) is 7.81. The van der Waals surface area contributed by atoms with Gasteiger partial charge in [0.1, 0.15) is 4.21 Å². The summed E-state index contributed by atoms with van der Waals surface area (Å²) in [7, 11) is -3.43. The summed E-state index contributed by atoms with van der Waals surface area (Å²) in [6, 6.07) is 1.43. The van der Waals surface area contributed by atoms with Gasteiger partial charge in [-0.05, 0) is 25.8 Å². The van der Waals surface area contributed by atoms with Gasteiger partial charge in [0.05, 0.1) is 6.10 Å². The SMILES string of the molecule is CC1CC(NS(=O)(=O)c2cc(N)cs2)CCO1. The molecular weight excluding hydrogens is 260 g/mol. The lowest BCUT2D eigenvalue weighted by Gasteiger charge is -2.27. The van der Waals surface area contributed by atoms with E-state index in [4.69, 9.17) is 10.5 Å². The van der Waals surface area contributed by atoms with E-state index in [1.807, 2.05) is 6.92 Å². The molecule has 96 valence electrons. The Morgan fingerprint density at radius 2 is 2.35 bits per heavy atom. The second-order valence-electron chi connectivity index (χ2n) is 4.22. The third-order valence-corrected chi connectivity index (χ3v) is 5.65. The third-order valence-electron chi connectivity index (χ3n) is 2.67. The maximum atomic E-state index is 12.0. The van der Waals surface area contributed by atoms with Crippen LogP contribution in [0.5, 0.6) is 0 Å². The van der Waals surface area contributed by atoms with E-state index in [0.717, 1.165) is 11.3 Å². The molecule has 0 amide bonds. The number of rotatable bonds is 3. The maximum absolute atomic E-state index is 12.0. The van der Waals surface area contributed by atoms with Crippen LogP contribution in [-0.4, -0.2) is 27.2 Å². The van der Waals surface area contributed by atoms with Gasteiger partial charge in [0, 0.05) is 23.7 Å². The quantitative estimate of drug-likeness (QED) is 0.868. The molecule has 2 atom stereocenters. The molecule has 0 spiro atoms. The molecule has 5 nitrogen and oxygen atoms in total. The second-order valence-corrected chi connectivity index (χ2v) is 7.08. The average molecular weight is 276 g/mol. The van der Waals surface area contributed by atoms with Crippen LogP contribution >= 0.6 is 11.3 Å². The summed E-state index contributed by atoms with van der Waals surface area (Å²) in [6.07, 6.45) is 1.52. The van der Waals surface area contributed by atoms with Crippen molar-refractivity contribution in [2.45, 2.75) is 36.1 Å². The van der Waals surface area contributed by atoms with Crippen LogP contribution in [0.3, 0.4) is 0 Å². The highest BCUT2D eigenvalue weighted by atomic mass is 32.2. The first kappa shape index (κ1) is 12.8. The number of thiophene rings is 1. The Hall–Kier alpha value is -0.630. The largest absolute Gasteiger partial charge is 0.398 e. The van der Waals surface area contributed by atoms with Crippen LogP contribution in [0.15, 0.2) is 15.7 Å². The van der Waals surface area contributed by atoms with Crippen molar-refractivity contribution < 1.29 is 13.2 Å². The van der Waals surface area contributed by atoms with Crippen molar-refractivity contribution in [3.63, 3.8) is 0 Å². The Bertz CT molecular complexity index is 483. The smallest absolute Gasteiger partial charge is 0.250 e. The number of nitrogens with one attached hydrogen (secondary N) is 1. The summed E-state index contributed by atoms with van der Waals surface area (Å²) in [5.74, 6) is 0. The molecule has 1 aromatic heterocycles. The van der Waals surface area contributed by atoms with Crippen LogP contribution in [0.1, 0.15) is 19.8 Å². The van der Waals surface area contributed by atoms with Gasteiger partial charge in [-0.1, -0.05) is 0 Å². The summed E-state index contributed by atoms with van der Waals surface area (Å²) >= 11 is 1.14. The summed E-state index contributed by atoms with van der Waals surface area (Å²) in [6.45, 7) is 2.55. The zero-order valence-electron chi connectivity index (χ0n) is 9.55. The molecule has 1 saturated heterocycles. The van der Waals surface area contributed by atoms with E-state index in [-0.39, 0.29) is 16.4 Å². The molecule has 0 aliphatic carbocycles. The fourth-order valence-electron chi connectivity index (χ4n) is 1.85. The number of hydrogen-bond donors (Lipinski definition) is 2. The van der Waals surface area contributed by atoms with E-state index in [9.17, 15) is 8.42 Å². The van der Waals surface area contributed by atoms with E-state index in [1.54, 1.807) is 5.38 Å². The fourth-order valence-corrected chi connectivity index (χ4v) is 4.23. The van der Waals surface area contributed by atoms with Gasteiger partial charge in [-0.3, -0.25) is 0 Å². The van der Waals surface area contributed by atoms with Crippen molar-refractivity contribution in [3.8, 4) is 0 Å². The summed E-state index contributed by atoms with van der Waals surface area (Å²) in [4.78, 5) is 0. The minimum atomic E-state index is -3.43. The maximum Gasteiger partial charge on any atom is 0.250 e. The van der Waals surface area contributed by atoms with Gasteiger partial charge in [0.25, 0.3) is 0 Å². The second kappa shape index (κ2) is 4.93. The van der Waals surface area contributed by atoms with Crippen LogP contribution < -0.4 is 10.5 Å². The Morgan fingerprint density at radius 1 is 1.59 bits per heavy atom. The highest BCUT2D eigenvalue weighted by Gasteiger charge is 2.25. The Labute approximate surface area is 105 Å². The fraction of sp³-hybridized carbons (Fsp3) is 0.600. The molecule has 1 aromatic rings. The molecule has 1 aliphatic rings. The van der Waals surface area contributed by atoms with Crippen LogP contribution in [0, 0.1) is 0 Å². The predicted molar refractivity (Wildman–Crippen MR) is 67.5 cm³/mol. The van der Waals surface area contributed by atoms with Crippen LogP contribution in [-0.2, 0) is 14.8 Å². The minimum Gasteiger partial charge on any atom is -0.398 e. The van der Waals surface area contributed by atoms with Crippen LogP contribution in [0.4, 0.5) is 5.69 Å². The Morgan fingerprint density at radius 3 is 2.94 bits per heavy atom. The van der Waals surface area contributed by atoms with Gasteiger partial charge in [-0.15, -0.1) is 11.3 Å². The molecule has 2 heterocycles. The molecule has 0 aromatic carbocycles. The highest BCUT2D eigenvalue weighted by Crippen LogP contribution is 2.23. The van der Waals surface area contributed by atoms with E-state index in [2.05, 4.69) is 4.72 Å². The molecule has 0 bridgehead atoms. The molecule has 0 saturated carbocycles. The molecule has 17 heavy (non-hydrogen) atoms. The van der Waals surface area contributed by atoms with Gasteiger partial charge in [0.15, 0.2) is 0 Å². The summed E-state index contributed by atoms with van der Waals surface area (Å²) < 4.78 is 32.4. The van der Waals surface area contributed by atoms with Crippen LogP contribution in [0.25, 0.3) is 0 Å². The zero-order chi connectivity index (χ0) is 12.5. The molecular formula is C10H16N2O3S2. The van der Waals surface area contributed by atoms with Crippen molar-refractivity contribution >= 4 is 27.0 Å². The van der Waals surface area contributed by atoms with Gasteiger partial charge in [-0.2, -0.15) is 0 Å². The van der Waals surface area contributed by atoms with Gasteiger partial charge >= 0.3 is 0 Å². The van der Waals surface area contributed by atoms with E-state index >= 15 is 0 Å². The predicted octanol–water partition coefficient (Wildman–Crippen LogP) is 1.18. The summed E-state index contributed by atoms with van der Waals surface area (Å²) in [5, 5.41) is 1.63. The van der Waals surface area contributed by atoms with E-state index < -0.39 is 10.0 Å². The molecule has 7 heteroatoms. The van der Waals surface area contributed by atoms with E-state index in [0.29, 0.717) is 25.1 Å². The van der Waals surface area contributed by atoms with E-state index in [1.165, 1.54) is 6.07 Å². The first-order valence-electron chi connectivity index (χ1n) is 5.45. The lowest BCUT2D eigenvalue weighted by atomic mass is 10.1. The Balaban J connectivity index is 2.07. The van der Waals surface area contributed by atoms with Crippen molar-refractivity contribution in [1.29, 1.82) is 0 Å². The molecule has 0 radical (unpaired) electrons. The monoisotopic (exact) mass is 276 g/mol. The number of anilines is 1. The topological polar surface area (TPSA) is 81.4 Å². The number of nitrogens with two attached hydrogens (primary N) is 1. The number of hydrogen-bond acceptors (Lipinski definition) is 5. The molecule has 2 rings (SSSR count). The highest BCUT2D eigenvalue weighted by molar-refractivity contribution is 7.91. The molecule has 3 N–H and O–H groups in total. The first-order chi connectivity index (χ1) is 7.97. The minimum absolute atomic E-state index is 0.0490. The number of nitrogen functional groups attached to an aromatic ring is 1. The van der Waals surface area contributed by atoms with Crippen molar-refractivity contribution in [2.75, 3.05) is 12.3 Å². The molecule has 1 aliphatic heterocycles. The van der Waals surface area contributed by atoms with Crippen molar-refractivity contribution in [2.24, 2.45) is 0 Å². The number of sulfonamides is 1. The lowest BCUT2D eigenvalue weighted by Crippen LogP contribution is -2.40. The molecule has 2 unspecified atom stereocenters. The summed E-state index contributed by atoms with van der Waals surface area (Å²) in [5.41, 5.74) is 6.01. The standard InChI is InChI=1S/C10H16N2O3S2/c1-7-4-9(2-3-15-7)12-17(13,14)10-5-8(11)6-16-10/h5-7,9,12H,2-4,11H2,1H3. The van der Waals surface area contributed by atoms with Gasteiger partial charge in [0.2, 0.25) is 10.0 Å². The number of ether oxygens (including phenoxy) is 1. The zero-order valence-corrected chi connectivity index (χ0v) is 11.2. The van der Waals surface area contributed by atoms with Gasteiger partial charge < -0.3 is 10.5 Å². The average Bonchev–Trinajstić information content (AvgIpc) is 2.65.